The number of hydrogen-bond donors (Lipinski definition) is 0. The number of unbranched alkanes of at least 4 members (excludes halogenated alkanes) is 4. The zero-order chi connectivity index (χ0) is 15.5. The van der Waals surface area contributed by atoms with Gasteiger partial charge in [-0.15, -0.1) is 0 Å². The Morgan fingerprint density at radius 2 is 1.73 bits per heavy atom. The van der Waals surface area contributed by atoms with Gasteiger partial charge < -0.3 is 0 Å². The van der Waals surface area contributed by atoms with Gasteiger partial charge in [0.05, 0.1) is 0 Å². The van der Waals surface area contributed by atoms with E-state index in [9.17, 15) is 0 Å². The summed E-state index contributed by atoms with van der Waals surface area (Å²) < 4.78 is 0. The molecule has 0 aliphatic heterocycles. The number of hydrogen-bond acceptors (Lipinski definition) is 0. The van der Waals surface area contributed by atoms with Gasteiger partial charge in [0.1, 0.15) is 0 Å². The Kier molecular flexibility index (Phi) is 8.38. The summed E-state index contributed by atoms with van der Waals surface area (Å²) in [5.74, 6) is 0.991. The van der Waals surface area contributed by atoms with Crippen LogP contribution in [0.25, 0.3) is 0 Å². The summed E-state index contributed by atoms with van der Waals surface area (Å²) in [5.41, 5.74) is 3.24. The lowest BCUT2D eigenvalue weighted by molar-refractivity contribution is 0.410. The summed E-state index contributed by atoms with van der Waals surface area (Å²) in [6.07, 6.45) is 19.2. The van der Waals surface area contributed by atoms with Gasteiger partial charge in [0, 0.05) is 0 Å². The molecule has 1 atom stereocenters. The maximum absolute atomic E-state index is 2.58. The van der Waals surface area contributed by atoms with Gasteiger partial charge in [0.15, 0.2) is 0 Å². The Labute approximate surface area is 138 Å². The molecule has 22 heavy (non-hydrogen) atoms. The molecule has 0 aromatic heterocycles. The van der Waals surface area contributed by atoms with Crippen LogP contribution in [0.15, 0.2) is 42.0 Å². The van der Waals surface area contributed by atoms with Gasteiger partial charge in [0.2, 0.25) is 0 Å². The van der Waals surface area contributed by atoms with E-state index in [0.717, 1.165) is 5.92 Å². The summed E-state index contributed by atoms with van der Waals surface area (Å²) in [6, 6.07) is 10.9. The Hall–Kier alpha value is -1.04. The van der Waals surface area contributed by atoms with Crippen molar-refractivity contribution in [1.29, 1.82) is 0 Å². The first-order valence-electron chi connectivity index (χ1n) is 9.60. The minimum Gasteiger partial charge on any atom is -0.0851 e. The van der Waals surface area contributed by atoms with E-state index in [2.05, 4.69) is 43.3 Å². The fourth-order valence-corrected chi connectivity index (χ4v) is 3.62. The van der Waals surface area contributed by atoms with E-state index in [1.807, 2.05) is 0 Å². The predicted octanol–water partition coefficient (Wildman–Crippen LogP) is 7.10. The highest BCUT2D eigenvalue weighted by molar-refractivity contribution is 5.14. The van der Waals surface area contributed by atoms with Crippen molar-refractivity contribution < 1.29 is 0 Å². The highest BCUT2D eigenvalue weighted by Gasteiger charge is 2.13. The van der Waals surface area contributed by atoms with Crippen molar-refractivity contribution in [1.82, 2.24) is 0 Å². The van der Waals surface area contributed by atoms with Gasteiger partial charge in [-0.1, -0.05) is 81.0 Å². The summed E-state index contributed by atoms with van der Waals surface area (Å²) >= 11 is 0. The first-order valence-corrected chi connectivity index (χ1v) is 9.60. The van der Waals surface area contributed by atoms with E-state index >= 15 is 0 Å². The third-order valence-electron chi connectivity index (χ3n) is 5.14. The largest absolute Gasteiger partial charge is 0.0851 e. The standard InChI is InChI=1S/C22H34/c1-2-3-4-6-13-21-16-18-22(19-17-21)15-10-9-14-20-11-7-5-8-12-20/h5,7-8,11-12,18,21H,2-4,6,9-10,13-17,19H2,1H3. The lowest BCUT2D eigenvalue weighted by Crippen LogP contribution is -2.06. The molecule has 1 aliphatic carbocycles. The molecule has 0 heterocycles. The van der Waals surface area contributed by atoms with Crippen molar-refractivity contribution >= 4 is 0 Å². The van der Waals surface area contributed by atoms with E-state index in [1.54, 1.807) is 5.57 Å². The summed E-state index contributed by atoms with van der Waals surface area (Å²) in [5, 5.41) is 0. The average Bonchev–Trinajstić information content (AvgIpc) is 2.58. The lowest BCUT2D eigenvalue weighted by atomic mass is 9.84. The van der Waals surface area contributed by atoms with Crippen LogP contribution in [0, 0.1) is 5.92 Å². The number of aryl methyl sites for hydroxylation is 1. The molecule has 0 nitrogen and oxygen atoms in total. The van der Waals surface area contributed by atoms with Gasteiger partial charge in [0.25, 0.3) is 0 Å². The minimum absolute atomic E-state index is 0.991. The molecule has 0 heteroatoms. The molecule has 122 valence electrons. The molecule has 1 aliphatic rings. The third kappa shape index (κ3) is 6.81. The van der Waals surface area contributed by atoms with Crippen molar-refractivity contribution in [3.05, 3.63) is 47.5 Å². The molecule has 2 rings (SSSR count). The lowest BCUT2D eigenvalue weighted by Gasteiger charge is -2.22. The summed E-state index contributed by atoms with van der Waals surface area (Å²) in [7, 11) is 0. The van der Waals surface area contributed by atoms with Gasteiger partial charge in [-0.25, -0.2) is 0 Å². The second kappa shape index (κ2) is 10.6. The van der Waals surface area contributed by atoms with Crippen molar-refractivity contribution in [3.63, 3.8) is 0 Å². The number of rotatable bonds is 10. The molecular weight excluding hydrogens is 264 g/mol. The third-order valence-corrected chi connectivity index (χ3v) is 5.14. The smallest absolute Gasteiger partial charge is 0.0279 e. The fourth-order valence-electron chi connectivity index (χ4n) is 3.62. The predicted molar refractivity (Wildman–Crippen MR) is 98.2 cm³/mol. The van der Waals surface area contributed by atoms with Crippen molar-refractivity contribution in [3.8, 4) is 0 Å². The molecule has 0 saturated carbocycles. The zero-order valence-corrected chi connectivity index (χ0v) is 14.5. The molecule has 0 bridgehead atoms. The van der Waals surface area contributed by atoms with E-state index in [-0.39, 0.29) is 0 Å². The highest BCUT2D eigenvalue weighted by atomic mass is 14.2. The monoisotopic (exact) mass is 298 g/mol. The second-order valence-corrected chi connectivity index (χ2v) is 7.04. The quantitative estimate of drug-likeness (QED) is 0.319. The molecule has 0 N–H and O–H groups in total. The molecule has 0 radical (unpaired) electrons. The Bertz CT molecular complexity index is 415. The molecular formula is C22H34. The van der Waals surface area contributed by atoms with Crippen molar-refractivity contribution in [2.24, 2.45) is 5.92 Å². The van der Waals surface area contributed by atoms with Gasteiger partial charge >= 0.3 is 0 Å². The highest BCUT2D eigenvalue weighted by Crippen LogP contribution is 2.30. The fraction of sp³-hybridized carbons (Fsp3) is 0.636. The molecule has 1 unspecified atom stereocenters. The summed E-state index contributed by atoms with van der Waals surface area (Å²) in [4.78, 5) is 0. The molecule has 0 fully saturated rings. The maximum Gasteiger partial charge on any atom is -0.0279 e. The minimum atomic E-state index is 0.991. The number of benzene rings is 1. The van der Waals surface area contributed by atoms with E-state index in [1.165, 1.54) is 82.6 Å². The molecule has 0 amide bonds. The van der Waals surface area contributed by atoms with Crippen LogP contribution in [-0.2, 0) is 6.42 Å². The Morgan fingerprint density at radius 1 is 0.909 bits per heavy atom. The Balaban J connectivity index is 1.55. The van der Waals surface area contributed by atoms with Crippen LogP contribution < -0.4 is 0 Å². The van der Waals surface area contributed by atoms with Crippen LogP contribution in [0.1, 0.15) is 83.1 Å². The van der Waals surface area contributed by atoms with Crippen LogP contribution in [0.2, 0.25) is 0 Å². The molecule has 1 aromatic carbocycles. The average molecular weight is 299 g/mol. The SMILES string of the molecule is CCCCCCC1CC=C(CCCCc2ccccc2)CC1. The van der Waals surface area contributed by atoms with E-state index in [4.69, 9.17) is 0 Å². The van der Waals surface area contributed by atoms with Crippen LogP contribution in [-0.4, -0.2) is 0 Å². The van der Waals surface area contributed by atoms with Crippen LogP contribution >= 0.6 is 0 Å². The zero-order valence-electron chi connectivity index (χ0n) is 14.5. The van der Waals surface area contributed by atoms with Crippen molar-refractivity contribution in [2.75, 3.05) is 0 Å². The van der Waals surface area contributed by atoms with Crippen molar-refractivity contribution in [2.45, 2.75) is 84.0 Å². The maximum atomic E-state index is 2.58. The normalized spacial score (nSPS) is 18.2. The van der Waals surface area contributed by atoms with Gasteiger partial charge in [-0.3, -0.25) is 0 Å². The van der Waals surface area contributed by atoms with E-state index < -0.39 is 0 Å². The van der Waals surface area contributed by atoms with Gasteiger partial charge in [-0.05, 0) is 56.4 Å². The molecule has 1 aromatic rings. The van der Waals surface area contributed by atoms with Gasteiger partial charge in [-0.2, -0.15) is 0 Å². The van der Waals surface area contributed by atoms with Crippen LogP contribution in [0.3, 0.4) is 0 Å². The van der Waals surface area contributed by atoms with E-state index in [0.29, 0.717) is 0 Å². The second-order valence-electron chi connectivity index (χ2n) is 7.04. The molecule has 0 spiro atoms. The topological polar surface area (TPSA) is 0 Å². The number of allylic oxidation sites excluding steroid dienone is 2. The molecule has 0 saturated heterocycles. The summed E-state index contributed by atoms with van der Waals surface area (Å²) in [6.45, 7) is 2.30. The van der Waals surface area contributed by atoms with Crippen LogP contribution in [0.5, 0.6) is 0 Å². The van der Waals surface area contributed by atoms with Crippen LogP contribution in [0.4, 0.5) is 0 Å². The Morgan fingerprint density at radius 3 is 2.45 bits per heavy atom. The first kappa shape index (κ1) is 17.3. The first-order chi connectivity index (χ1) is 10.9.